The number of para-hydroxylation sites is 3. The van der Waals surface area contributed by atoms with Crippen molar-refractivity contribution in [2.45, 2.75) is 0 Å². The van der Waals surface area contributed by atoms with Crippen molar-refractivity contribution in [1.82, 2.24) is 0 Å². The van der Waals surface area contributed by atoms with Gasteiger partial charge in [-0.15, -0.1) is 0 Å². The Morgan fingerprint density at radius 3 is 0.897 bits per heavy atom. The number of halogens is 6. The van der Waals surface area contributed by atoms with Gasteiger partial charge in [0.05, 0.1) is 0 Å². The van der Waals surface area contributed by atoms with Gasteiger partial charge in [-0.2, -0.15) is 4.57 Å². The highest BCUT2D eigenvalue weighted by Crippen LogP contribution is 2.52. The zero-order valence-corrected chi connectivity index (χ0v) is 14.9. The molecule has 0 amide bonds. The Hall–Kier alpha value is -3.13. The second-order valence-corrected chi connectivity index (χ2v) is 6.82. The van der Waals surface area contributed by atoms with Crippen LogP contribution in [-0.4, -0.2) is 0 Å². The van der Waals surface area contributed by atoms with Crippen molar-refractivity contribution in [1.29, 1.82) is 0 Å². The van der Waals surface area contributed by atoms with Gasteiger partial charge in [-0.25, -0.2) is 26.3 Å². The van der Waals surface area contributed by atoms with Gasteiger partial charge in [-0.1, -0.05) is 18.2 Å². The standard InChI is InChI=1S/C18H9F6O4P/c19-10-4-1-5-11(20)16(10)26-29(25,27-17-12(21)6-2-7-13(17)22)28-18-14(23)8-3-9-15(18)24/h1-9H. The minimum Gasteiger partial charge on any atom is -0.380 e. The molecule has 0 fully saturated rings. The summed E-state index contributed by atoms with van der Waals surface area (Å²) in [5.74, 6) is -12.3. The molecule has 11 heteroatoms. The lowest BCUT2D eigenvalue weighted by Crippen LogP contribution is -2.12. The fourth-order valence-electron chi connectivity index (χ4n) is 2.10. The summed E-state index contributed by atoms with van der Waals surface area (Å²) in [5, 5.41) is 0. The number of phosphoric ester groups is 1. The van der Waals surface area contributed by atoms with Gasteiger partial charge in [0.1, 0.15) is 0 Å². The molecule has 0 saturated carbocycles. The molecule has 0 radical (unpaired) electrons. The van der Waals surface area contributed by atoms with Crippen LogP contribution in [0.15, 0.2) is 54.6 Å². The van der Waals surface area contributed by atoms with Crippen LogP contribution in [0.2, 0.25) is 0 Å². The number of hydrogen-bond acceptors (Lipinski definition) is 4. The molecule has 29 heavy (non-hydrogen) atoms. The number of benzene rings is 3. The van der Waals surface area contributed by atoms with Gasteiger partial charge >= 0.3 is 7.82 Å². The monoisotopic (exact) mass is 434 g/mol. The van der Waals surface area contributed by atoms with Crippen molar-refractivity contribution in [2.24, 2.45) is 0 Å². The Bertz CT molecular complexity index is 910. The lowest BCUT2D eigenvalue weighted by molar-refractivity contribution is 0.267. The first-order valence-corrected chi connectivity index (χ1v) is 9.17. The smallest absolute Gasteiger partial charge is 0.380 e. The molecule has 3 aromatic carbocycles. The molecule has 0 bridgehead atoms. The molecule has 0 atom stereocenters. The molecular formula is C18H9F6O4P. The second kappa shape index (κ2) is 8.08. The molecule has 0 aliphatic carbocycles. The van der Waals surface area contributed by atoms with Crippen LogP contribution in [0.5, 0.6) is 17.2 Å². The van der Waals surface area contributed by atoms with Crippen molar-refractivity contribution in [3.63, 3.8) is 0 Å². The highest BCUT2D eigenvalue weighted by Gasteiger charge is 2.39. The predicted molar refractivity (Wildman–Crippen MR) is 88.6 cm³/mol. The molecule has 0 aliphatic rings. The van der Waals surface area contributed by atoms with Crippen LogP contribution in [0.3, 0.4) is 0 Å². The summed E-state index contributed by atoms with van der Waals surface area (Å²) in [6, 6.07) is 7.05. The Morgan fingerprint density at radius 2 is 0.690 bits per heavy atom. The lowest BCUT2D eigenvalue weighted by Gasteiger charge is -2.20. The number of rotatable bonds is 6. The van der Waals surface area contributed by atoms with Crippen LogP contribution < -0.4 is 13.6 Å². The molecule has 0 unspecified atom stereocenters. The Balaban J connectivity index is 2.09. The van der Waals surface area contributed by atoms with Crippen LogP contribution in [0.4, 0.5) is 26.3 Å². The number of phosphoric acid groups is 1. The zero-order valence-electron chi connectivity index (χ0n) is 14.0. The van der Waals surface area contributed by atoms with E-state index in [0.29, 0.717) is 36.4 Å². The molecule has 0 aromatic heterocycles. The first kappa shape index (κ1) is 20.6. The maximum Gasteiger partial charge on any atom is 0.647 e. The summed E-state index contributed by atoms with van der Waals surface area (Å²) in [6.45, 7) is 0. The van der Waals surface area contributed by atoms with Gasteiger partial charge in [0.25, 0.3) is 0 Å². The summed E-state index contributed by atoms with van der Waals surface area (Å²) in [6.07, 6.45) is 0. The third-order valence-electron chi connectivity index (χ3n) is 3.37. The third kappa shape index (κ3) is 4.48. The SMILES string of the molecule is O=P(Oc1c(F)cccc1F)(Oc1c(F)cccc1F)Oc1c(F)cccc1F. The maximum atomic E-state index is 13.9. The third-order valence-corrected chi connectivity index (χ3v) is 4.58. The van der Waals surface area contributed by atoms with Crippen LogP contribution in [0.1, 0.15) is 0 Å². The average Bonchev–Trinajstić information content (AvgIpc) is 2.65. The van der Waals surface area contributed by atoms with Gasteiger partial charge in [0.2, 0.25) is 17.2 Å². The maximum absolute atomic E-state index is 13.9. The Labute approximate surface area is 159 Å². The largest absolute Gasteiger partial charge is 0.647 e. The zero-order chi connectivity index (χ0) is 21.2. The second-order valence-electron chi connectivity index (χ2n) is 5.37. The quantitative estimate of drug-likeness (QED) is 0.344. The molecule has 0 heterocycles. The molecule has 0 spiro atoms. The van der Waals surface area contributed by atoms with Gasteiger partial charge < -0.3 is 13.6 Å². The minimum absolute atomic E-state index is 0.704. The van der Waals surface area contributed by atoms with E-state index in [1.807, 2.05) is 0 Å². The summed E-state index contributed by atoms with van der Waals surface area (Å²) >= 11 is 0. The van der Waals surface area contributed by atoms with Gasteiger partial charge in [-0.05, 0) is 36.4 Å². The van der Waals surface area contributed by atoms with E-state index in [-0.39, 0.29) is 0 Å². The summed E-state index contributed by atoms with van der Waals surface area (Å²) in [4.78, 5) is 0. The molecule has 3 aromatic rings. The molecular weight excluding hydrogens is 425 g/mol. The van der Waals surface area contributed by atoms with E-state index in [4.69, 9.17) is 0 Å². The Morgan fingerprint density at radius 1 is 0.483 bits per heavy atom. The van der Waals surface area contributed by atoms with Crippen LogP contribution in [0, 0.1) is 34.9 Å². The first-order valence-electron chi connectivity index (χ1n) is 7.71. The Kier molecular flexibility index (Phi) is 5.74. The minimum atomic E-state index is -5.49. The van der Waals surface area contributed by atoms with Crippen LogP contribution >= 0.6 is 7.82 Å². The summed E-state index contributed by atoms with van der Waals surface area (Å²) in [5.41, 5.74) is 0. The molecule has 0 saturated heterocycles. The van der Waals surface area contributed by atoms with Gasteiger partial charge in [-0.3, -0.25) is 0 Å². The van der Waals surface area contributed by atoms with Crippen molar-refractivity contribution in [3.8, 4) is 17.2 Å². The van der Waals surface area contributed by atoms with E-state index in [1.165, 1.54) is 0 Å². The van der Waals surface area contributed by atoms with Gasteiger partial charge in [0, 0.05) is 0 Å². The van der Waals surface area contributed by atoms with E-state index in [1.54, 1.807) is 0 Å². The highest BCUT2D eigenvalue weighted by atomic mass is 31.2. The fraction of sp³-hybridized carbons (Fsp3) is 0. The van der Waals surface area contributed by atoms with E-state index in [2.05, 4.69) is 13.6 Å². The fourth-order valence-corrected chi connectivity index (χ4v) is 3.41. The van der Waals surface area contributed by atoms with Crippen molar-refractivity contribution in [2.75, 3.05) is 0 Å². The van der Waals surface area contributed by atoms with E-state index in [0.717, 1.165) is 18.2 Å². The molecule has 0 aliphatic heterocycles. The van der Waals surface area contributed by atoms with E-state index < -0.39 is 60.0 Å². The average molecular weight is 434 g/mol. The van der Waals surface area contributed by atoms with Crippen molar-refractivity contribution in [3.05, 3.63) is 89.5 Å². The summed E-state index contributed by atoms with van der Waals surface area (Å²) < 4.78 is 110. The predicted octanol–water partition coefficient (Wildman–Crippen LogP) is 6.17. The topological polar surface area (TPSA) is 44.8 Å². The molecule has 3 rings (SSSR count). The molecule has 0 N–H and O–H groups in total. The highest BCUT2D eigenvalue weighted by molar-refractivity contribution is 7.49. The van der Waals surface area contributed by atoms with E-state index >= 15 is 0 Å². The lowest BCUT2D eigenvalue weighted by atomic mass is 10.3. The van der Waals surface area contributed by atoms with Crippen molar-refractivity contribution >= 4 is 7.82 Å². The van der Waals surface area contributed by atoms with Crippen molar-refractivity contribution < 1.29 is 44.5 Å². The van der Waals surface area contributed by atoms with Gasteiger partial charge in [0.15, 0.2) is 34.9 Å². The molecule has 4 nitrogen and oxygen atoms in total. The number of hydrogen-bond donors (Lipinski definition) is 0. The normalized spacial score (nSPS) is 11.2. The summed E-state index contributed by atoms with van der Waals surface area (Å²) in [7, 11) is -5.49. The first-order chi connectivity index (χ1) is 13.7. The van der Waals surface area contributed by atoms with Crippen LogP contribution in [-0.2, 0) is 4.57 Å². The van der Waals surface area contributed by atoms with Crippen LogP contribution in [0.25, 0.3) is 0 Å². The van der Waals surface area contributed by atoms with E-state index in [9.17, 15) is 30.9 Å². The molecule has 152 valence electrons.